The standard InChI is InChI=1S/C13H15F2N/c1-2-3-4-5-12(16)8-10-6-7-11(14)9-13(10)15/h6-7,9,12H,4-5,8,16H2,1H3. The van der Waals surface area contributed by atoms with Crippen molar-refractivity contribution in [2.45, 2.75) is 32.2 Å². The van der Waals surface area contributed by atoms with Gasteiger partial charge in [-0.1, -0.05) is 6.07 Å². The predicted octanol–water partition coefficient (Wildman–Crippen LogP) is 2.64. The SMILES string of the molecule is CC#CCCC(N)Cc1ccc(F)cc1F. The van der Waals surface area contributed by atoms with Crippen LogP contribution in [0.1, 0.15) is 25.3 Å². The molecule has 1 unspecified atom stereocenters. The second-order valence-electron chi connectivity index (χ2n) is 3.67. The van der Waals surface area contributed by atoms with Gasteiger partial charge in [-0.25, -0.2) is 8.78 Å². The van der Waals surface area contributed by atoms with Gasteiger partial charge in [0, 0.05) is 18.5 Å². The maximum atomic E-state index is 13.3. The van der Waals surface area contributed by atoms with E-state index >= 15 is 0 Å². The fourth-order valence-corrected chi connectivity index (χ4v) is 1.45. The minimum absolute atomic E-state index is 0.138. The zero-order valence-corrected chi connectivity index (χ0v) is 9.26. The van der Waals surface area contributed by atoms with Crippen LogP contribution in [-0.4, -0.2) is 6.04 Å². The van der Waals surface area contributed by atoms with Crippen LogP contribution >= 0.6 is 0 Å². The Hall–Kier alpha value is -1.40. The Morgan fingerprint density at radius 2 is 2.12 bits per heavy atom. The van der Waals surface area contributed by atoms with E-state index in [-0.39, 0.29) is 6.04 Å². The average Bonchev–Trinajstić information content (AvgIpc) is 2.23. The summed E-state index contributed by atoms with van der Waals surface area (Å²) >= 11 is 0. The molecule has 0 bridgehead atoms. The summed E-state index contributed by atoms with van der Waals surface area (Å²) in [6.45, 7) is 1.77. The van der Waals surface area contributed by atoms with E-state index in [1.54, 1.807) is 6.92 Å². The summed E-state index contributed by atoms with van der Waals surface area (Å²) in [5.74, 6) is 4.59. The van der Waals surface area contributed by atoms with Gasteiger partial charge in [-0.2, -0.15) is 0 Å². The van der Waals surface area contributed by atoms with Crippen molar-refractivity contribution in [1.82, 2.24) is 0 Å². The minimum atomic E-state index is -0.563. The van der Waals surface area contributed by atoms with Gasteiger partial charge >= 0.3 is 0 Å². The molecule has 86 valence electrons. The van der Waals surface area contributed by atoms with Gasteiger partial charge in [-0.15, -0.1) is 11.8 Å². The Kier molecular flexibility index (Phi) is 4.94. The van der Waals surface area contributed by atoms with Crippen LogP contribution in [0.2, 0.25) is 0 Å². The number of hydrogen-bond donors (Lipinski definition) is 1. The molecule has 1 rings (SSSR count). The molecule has 0 saturated heterocycles. The van der Waals surface area contributed by atoms with E-state index in [2.05, 4.69) is 11.8 Å². The molecule has 0 aliphatic rings. The number of nitrogens with two attached hydrogens (primary N) is 1. The highest BCUT2D eigenvalue weighted by atomic mass is 19.1. The summed E-state index contributed by atoms with van der Waals surface area (Å²) in [6.07, 6.45) is 1.84. The Bertz CT molecular complexity index is 404. The van der Waals surface area contributed by atoms with E-state index in [1.165, 1.54) is 12.1 Å². The van der Waals surface area contributed by atoms with Crippen molar-refractivity contribution in [1.29, 1.82) is 0 Å². The summed E-state index contributed by atoms with van der Waals surface area (Å²) in [7, 11) is 0. The molecule has 0 aromatic heterocycles. The van der Waals surface area contributed by atoms with Crippen LogP contribution in [0.3, 0.4) is 0 Å². The Labute approximate surface area is 94.7 Å². The summed E-state index contributed by atoms with van der Waals surface area (Å²) < 4.78 is 25.9. The van der Waals surface area contributed by atoms with Gasteiger partial charge in [0.25, 0.3) is 0 Å². The molecule has 2 N–H and O–H groups in total. The van der Waals surface area contributed by atoms with Crippen LogP contribution in [0.5, 0.6) is 0 Å². The maximum Gasteiger partial charge on any atom is 0.129 e. The fourth-order valence-electron chi connectivity index (χ4n) is 1.45. The molecule has 16 heavy (non-hydrogen) atoms. The maximum absolute atomic E-state index is 13.3. The van der Waals surface area contributed by atoms with Crippen molar-refractivity contribution in [3.63, 3.8) is 0 Å². The molecule has 0 amide bonds. The summed E-state index contributed by atoms with van der Waals surface area (Å²) in [5.41, 5.74) is 6.28. The Morgan fingerprint density at radius 1 is 1.38 bits per heavy atom. The molecule has 3 heteroatoms. The monoisotopic (exact) mass is 223 g/mol. The summed E-state index contributed by atoms with van der Waals surface area (Å²) in [6, 6.07) is 3.43. The van der Waals surface area contributed by atoms with E-state index in [4.69, 9.17) is 5.73 Å². The third-order valence-electron chi connectivity index (χ3n) is 2.31. The van der Waals surface area contributed by atoms with Gasteiger partial charge in [0.2, 0.25) is 0 Å². The first kappa shape index (κ1) is 12.7. The third kappa shape index (κ3) is 4.00. The molecule has 1 atom stereocenters. The number of hydrogen-bond acceptors (Lipinski definition) is 1. The molecule has 0 heterocycles. The first-order valence-electron chi connectivity index (χ1n) is 5.22. The van der Waals surface area contributed by atoms with Gasteiger partial charge in [0.05, 0.1) is 0 Å². The largest absolute Gasteiger partial charge is 0.327 e. The molecule has 0 radical (unpaired) electrons. The van der Waals surface area contributed by atoms with Crippen LogP contribution in [0.4, 0.5) is 8.78 Å². The molecule has 0 spiro atoms. The molecule has 1 aromatic rings. The predicted molar refractivity (Wildman–Crippen MR) is 60.7 cm³/mol. The first-order chi connectivity index (χ1) is 7.63. The lowest BCUT2D eigenvalue weighted by atomic mass is 10.0. The molecule has 1 nitrogen and oxygen atoms in total. The lowest BCUT2D eigenvalue weighted by Gasteiger charge is -2.10. The highest BCUT2D eigenvalue weighted by Crippen LogP contribution is 2.12. The quantitative estimate of drug-likeness (QED) is 0.780. The molecule has 1 aromatic carbocycles. The smallest absolute Gasteiger partial charge is 0.129 e. The zero-order chi connectivity index (χ0) is 12.0. The Balaban J connectivity index is 2.54. The van der Waals surface area contributed by atoms with Crippen molar-refractivity contribution in [2.24, 2.45) is 5.73 Å². The van der Waals surface area contributed by atoms with E-state index in [1.807, 2.05) is 0 Å². The van der Waals surface area contributed by atoms with Crippen LogP contribution in [0, 0.1) is 23.5 Å². The summed E-state index contributed by atoms with van der Waals surface area (Å²) in [4.78, 5) is 0. The van der Waals surface area contributed by atoms with Gasteiger partial charge in [-0.3, -0.25) is 0 Å². The summed E-state index contributed by atoms with van der Waals surface area (Å²) in [5, 5.41) is 0. The van der Waals surface area contributed by atoms with Crippen molar-refractivity contribution in [2.75, 3.05) is 0 Å². The number of benzene rings is 1. The van der Waals surface area contributed by atoms with Crippen LogP contribution in [-0.2, 0) is 6.42 Å². The van der Waals surface area contributed by atoms with Crippen LogP contribution in [0.25, 0.3) is 0 Å². The third-order valence-corrected chi connectivity index (χ3v) is 2.31. The lowest BCUT2D eigenvalue weighted by Crippen LogP contribution is -2.23. The van der Waals surface area contributed by atoms with Crippen LogP contribution in [0.15, 0.2) is 18.2 Å². The second kappa shape index (κ2) is 6.24. The van der Waals surface area contributed by atoms with Crippen LogP contribution < -0.4 is 5.73 Å². The lowest BCUT2D eigenvalue weighted by molar-refractivity contribution is 0.551. The van der Waals surface area contributed by atoms with Crippen molar-refractivity contribution < 1.29 is 8.78 Å². The highest BCUT2D eigenvalue weighted by molar-refractivity contribution is 5.19. The van der Waals surface area contributed by atoms with Gasteiger partial charge in [0.1, 0.15) is 11.6 Å². The number of halogens is 2. The van der Waals surface area contributed by atoms with E-state index < -0.39 is 11.6 Å². The molecule has 0 saturated carbocycles. The minimum Gasteiger partial charge on any atom is -0.327 e. The highest BCUT2D eigenvalue weighted by Gasteiger charge is 2.08. The van der Waals surface area contributed by atoms with E-state index in [0.717, 1.165) is 12.5 Å². The molecular weight excluding hydrogens is 208 g/mol. The zero-order valence-electron chi connectivity index (χ0n) is 9.26. The Morgan fingerprint density at radius 3 is 2.75 bits per heavy atom. The average molecular weight is 223 g/mol. The molecule has 0 aliphatic heterocycles. The van der Waals surface area contributed by atoms with Crippen molar-refractivity contribution in [3.05, 3.63) is 35.4 Å². The van der Waals surface area contributed by atoms with Gasteiger partial charge in [0.15, 0.2) is 0 Å². The first-order valence-corrected chi connectivity index (χ1v) is 5.22. The van der Waals surface area contributed by atoms with Crippen molar-refractivity contribution >= 4 is 0 Å². The molecular formula is C13H15F2N. The van der Waals surface area contributed by atoms with Gasteiger partial charge < -0.3 is 5.73 Å². The second-order valence-corrected chi connectivity index (χ2v) is 3.67. The van der Waals surface area contributed by atoms with Crippen molar-refractivity contribution in [3.8, 4) is 11.8 Å². The fraction of sp³-hybridized carbons (Fsp3) is 0.385. The number of rotatable bonds is 4. The van der Waals surface area contributed by atoms with E-state index in [9.17, 15) is 8.78 Å². The topological polar surface area (TPSA) is 26.0 Å². The normalized spacial score (nSPS) is 11.8. The van der Waals surface area contributed by atoms with E-state index in [0.29, 0.717) is 18.4 Å². The molecule has 0 aliphatic carbocycles. The van der Waals surface area contributed by atoms with Gasteiger partial charge in [-0.05, 0) is 31.4 Å². The molecule has 0 fully saturated rings.